The van der Waals surface area contributed by atoms with Gasteiger partial charge < -0.3 is 9.57 Å². The van der Waals surface area contributed by atoms with Gasteiger partial charge in [-0.1, -0.05) is 83.6 Å². The zero-order valence-corrected chi connectivity index (χ0v) is 16.7. The summed E-state index contributed by atoms with van der Waals surface area (Å²) in [6, 6.07) is 25.5. The summed E-state index contributed by atoms with van der Waals surface area (Å²) in [5.74, 6) is 1.13. The van der Waals surface area contributed by atoms with Crippen molar-refractivity contribution in [2.24, 2.45) is 5.16 Å². The fourth-order valence-corrected chi connectivity index (χ4v) is 5.36. The van der Waals surface area contributed by atoms with Crippen LogP contribution in [0.15, 0.2) is 84.0 Å². The molecule has 3 aromatic rings. The highest BCUT2D eigenvalue weighted by molar-refractivity contribution is 8.00. The molecule has 29 heavy (non-hydrogen) atoms. The number of methoxy groups -OCH3 is 1. The third kappa shape index (κ3) is 2.85. The first-order valence-corrected chi connectivity index (χ1v) is 10.4. The smallest absolute Gasteiger partial charge is 0.257 e. The number of fused-ring (bicyclic) bond motifs is 1. The lowest BCUT2D eigenvalue weighted by Crippen LogP contribution is -2.45. The molecule has 0 aromatic heterocycles. The summed E-state index contributed by atoms with van der Waals surface area (Å²) in [7, 11) is 1.64. The van der Waals surface area contributed by atoms with Crippen molar-refractivity contribution in [2.75, 3.05) is 7.11 Å². The topological polar surface area (TPSA) is 47.9 Å². The zero-order chi connectivity index (χ0) is 19.8. The maximum absolute atomic E-state index is 13.7. The maximum Gasteiger partial charge on any atom is 0.257 e. The number of ketones is 1. The number of oxime groups is 1. The first-order valence-electron chi connectivity index (χ1n) is 9.45. The molecule has 5 heteroatoms. The van der Waals surface area contributed by atoms with Gasteiger partial charge in [0.15, 0.2) is 0 Å². The van der Waals surface area contributed by atoms with Crippen molar-refractivity contribution in [1.82, 2.24) is 0 Å². The van der Waals surface area contributed by atoms with Crippen LogP contribution in [0.2, 0.25) is 0 Å². The molecule has 1 spiro atoms. The van der Waals surface area contributed by atoms with Crippen molar-refractivity contribution in [2.45, 2.75) is 16.6 Å². The van der Waals surface area contributed by atoms with E-state index >= 15 is 0 Å². The molecule has 2 heterocycles. The molecule has 144 valence electrons. The number of carbonyl (C=O) groups is 1. The fraction of sp³-hybridized carbons (Fsp3) is 0.167. The van der Waals surface area contributed by atoms with E-state index in [4.69, 9.17) is 9.57 Å². The number of hydrogen-bond donors (Lipinski definition) is 0. The monoisotopic (exact) mass is 401 g/mol. The number of nitrogens with zero attached hydrogens (tertiary/aromatic N) is 1. The number of thioether (sulfide) groups is 1. The molecule has 2 atom stereocenters. The molecule has 0 aliphatic carbocycles. The normalized spacial score (nSPS) is 22.7. The van der Waals surface area contributed by atoms with E-state index in [-0.39, 0.29) is 11.7 Å². The lowest BCUT2D eigenvalue weighted by molar-refractivity contribution is 0.0361. The lowest BCUT2D eigenvalue weighted by Gasteiger charge is -2.35. The minimum atomic E-state index is -1.10. The van der Waals surface area contributed by atoms with Crippen molar-refractivity contribution >= 4 is 23.3 Å². The van der Waals surface area contributed by atoms with Gasteiger partial charge in [0.05, 0.1) is 13.0 Å². The summed E-state index contributed by atoms with van der Waals surface area (Å²) in [5.41, 5.74) is 4.47. The standard InChI is InChI=1S/C24H19NO3S/c1-27-19-13-11-16(12-14-19)21-22(17-7-3-2-4-8-17)25-28-24(21)23(26)20-10-6-5-9-18(20)15-29-24/h2-14,21H,15H2,1H3/t21-,24+/m0/s1. The number of benzene rings is 3. The molecule has 2 aliphatic heterocycles. The Morgan fingerprint density at radius 3 is 2.48 bits per heavy atom. The van der Waals surface area contributed by atoms with Crippen LogP contribution in [0.4, 0.5) is 0 Å². The molecule has 0 saturated carbocycles. The Balaban J connectivity index is 1.65. The van der Waals surface area contributed by atoms with Gasteiger partial charge in [0, 0.05) is 16.9 Å². The van der Waals surface area contributed by atoms with Gasteiger partial charge in [-0.15, -0.1) is 0 Å². The highest BCUT2D eigenvalue weighted by Gasteiger charge is 2.58. The van der Waals surface area contributed by atoms with Crippen molar-refractivity contribution in [1.29, 1.82) is 0 Å². The largest absolute Gasteiger partial charge is 0.497 e. The first kappa shape index (κ1) is 18.0. The van der Waals surface area contributed by atoms with E-state index in [0.29, 0.717) is 11.3 Å². The van der Waals surface area contributed by atoms with Crippen LogP contribution in [0.1, 0.15) is 33.0 Å². The number of Topliss-reactive ketones (excluding diaryl/α,β-unsaturated/α-hetero) is 1. The van der Waals surface area contributed by atoms with Crippen molar-refractivity contribution in [3.05, 3.63) is 101 Å². The summed E-state index contributed by atoms with van der Waals surface area (Å²) >= 11 is 1.52. The number of rotatable bonds is 3. The van der Waals surface area contributed by atoms with E-state index in [1.807, 2.05) is 78.9 Å². The van der Waals surface area contributed by atoms with E-state index in [1.54, 1.807) is 7.11 Å². The molecule has 4 nitrogen and oxygen atoms in total. The van der Waals surface area contributed by atoms with E-state index in [9.17, 15) is 4.79 Å². The van der Waals surface area contributed by atoms with Gasteiger partial charge in [-0.25, -0.2) is 0 Å². The second kappa shape index (κ2) is 7.08. The highest BCUT2D eigenvalue weighted by Crippen LogP contribution is 2.52. The molecule has 0 fully saturated rings. The average molecular weight is 401 g/mol. The Morgan fingerprint density at radius 2 is 1.72 bits per heavy atom. The Labute approximate surface area is 173 Å². The van der Waals surface area contributed by atoms with Gasteiger partial charge in [0.2, 0.25) is 5.78 Å². The first-order chi connectivity index (χ1) is 14.2. The zero-order valence-electron chi connectivity index (χ0n) is 15.9. The molecule has 0 amide bonds. The molecule has 3 aromatic carbocycles. The predicted octanol–water partition coefficient (Wildman–Crippen LogP) is 5.04. The molecule has 2 aliphatic rings. The van der Waals surface area contributed by atoms with Crippen LogP contribution in [0.5, 0.6) is 5.75 Å². The second-order valence-corrected chi connectivity index (χ2v) is 8.27. The van der Waals surface area contributed by atoms with Gasteiger partial charge in [0.25, 0.3) is 4.93 Å². The van der Waals surface area contributed by atoms with Crippen LogP contribution >= 0.6 is 11.8 Å². The summed E-state index contributed by atoms with van der Waals surface area (Å²) in [5, 5.41) is 4.45. The van der Waals surface area contributed by atoms with Gasteiger partial charge in [-0.05, 0) is 23.3 Å². The van der Waals surface area contributed by atoms with Gasteiger partial charge in [-0.2, -0.15) is 0 Å². The van der Waals surface area contributed by atoms with Crippen molar-refractivity contribution in [3.63, 3.8) is 0 Å². The van der Waals surface area contributed by atoms with Gasteiger partial charge in [0.1, 0.15) is 11.5 Å². The van der Waals surface area contributed by atoms with Crippen LogP contribution < -0.4 is 4.74 Å². The van der Waals surface area contributed by atoms with Gasteiger partial charge >= 0.3 is 0 Å². The van der Waals surface area contributed by atoms with E-state index in [1.165, 1.54) is 11.8 Å². The third-order valence-electron chi connectivity index (χ3n) is 5.47. The number of carbonyl (C=O) groups excluding carboxylic acids is 1. The molecule has 5 rings (SSSR count). The van der Waals surface area contributed by atoms with Gasteiger partial charge in [-0.3, -0.25) is 4.79 Å². The van der Waals surface area contributed by atoms with Crippen molar-refractivity contribution in [3.8, 4) is 5.75 Å². The van der Waals surface area contributed by atoms with Crippen LogP contribution in [-0.2, 0) is 10.6 Å². The molecule has 0 unspecified atom stereocenters. The highest BCUT2D eigenvalue weighted by atomic mass is 32.2. The molecular weight excluding hydrogens is 382 g/mol. The summed E-state index contributed by atoms with van der Waals surface area (Å²) in [4.78, 5) is 18.6. The molecule has 0 saturated heterocycles. The Kier molecular flexibility index (Phi) is 4.40. The van der Waals surface area contributed by atoms with Crippen LogP contribution in [-0.4, -0.2) is 23.5 Å². The SMILES string of the molecule is COc1ccc([C@H]2C(c3ccccc3)=NO[C@@]23SCc2ccccc2C3=O)cc1. The summed E-state index contributed by atoms with van der Waals surface area (Å²) in [6.45, 7) is 0. The van der Waals surface area contributed by atoms with E-state index in [2.05, 4.69) is 5.16 Å². The Hall–Kier alpha value is -3.05. The number of ether oxygens (including phenoxy) is 1. The Morgan fingerprint density at radius 1 is 1.00 bits per heavy atom. The molecule has 0 bridgehead atoms. The van der Waals surface area contributed by atoms with Crippen LogP contribution in [0.3, 0.4) is 0 Å². The van der Waals surface area contributed by atoms with Crippen molar-refractivity contribution < 1.29 is 14.4 Å². The predicted molar refractivity (Wildman–Crippen MR) is 115 cm³/mol. The average Bonchev–Trinajstić information content (AvgIpc) is 3.17. The van der Waals surface area contributed by atoms with Crippen LogP contribution in [0, 0.1) is 0 Å². The molecular formula is C24H19NO3S. The quantitative estimate of drug-likeness (QED) is 0.617. The Bertz CT molecular complexity index is 1090. The third-order valence-corrected chi connectivity index (χ3v) is 6.85. The van der Waals surface area contributed by atoms with E-state index in [0.717, 1.165) is 28.2 Å². The number of hydrogen-bond acceptors (Lipinski definition) is 5. The second-order valence-electron chi connectivity index (χ2n) is 7.08. The minimum absolute atomic E-state index is 0.0279. The minimum Gasteiger partial charge on any atom is -0.497 e. The molecule has 0 radical (unpaired) electrons. The molecule has 0 N–H and O–H groups in total. The fourth-order valence-electron chi connectivity index (χ4n) is 3.99. The maximum atomic E-state index is 13.7. The lowest BCUT2D eigenvalue weighted by atomic mass is 9.82. The summed E-state index contributed by atoms with van der Waals surface area (Å²) in [6.07, 6.45) is 0. The van der Waals surface area contributed by atoms with Crippen LogP contribution in [0.25, 0.3) is 0 Å². The summed E-state index contributed by atoms with van der Waals surface area (Å²) < 4.78 is 5.31. The van der Waals surface area contributed by atoms with E-state index < -0.39 is 4.93 Å².